The van der Waals surface area contributed by atoms with Crippen LogP contribution in [0, 0.1) is 5.92 Å². The first-order valence-electron chi connectivity index (χ1n) is 7.16. The Balaban J connectivity index is 1.94. The van der Waals surface area contributed by atoms with E-state index in [4.69, 9.17) is 0 Å². The molecule has 0 radical (unpaired) electrons. The van der Waals surface area contributed by atoms with Crippen LogP contribution in [-0.2, 0) is 6.42 Å². The molecule has 18 heavy (non-hydrogen) atoms. The summed E-state index contributed by atoms with van der Waals surface area (Å²) >= 11 is 0. The second kappa shape index (κ2) is 6.35. The monoisotopic (exact) mass is 246 g/mol. The predicted octanol–water partition coefficient (Wildman–Crippen LogP) is 2.85. The van der Waals surface area contributed by atoms with Crippen LogP contribution in [0.4, 0.5) is 0 Å². The molecule has 1 aliphatic rings. The Kier molecular flexibility index (Phi) is 4.79. The van der Waals surface area contributed by atoms with Crippen molar-refractivity contribution in [2.75, 3.05) is 26.7 Å². The number of rotatable bonds is 5. The standard InChI is InChI=1S/C16H26N2/c1-13(2)9-11-18(3)12-16-15-7-5-4-6-14(15)8-10-17-16/h4-7,13,16-17H,8-12H2,1-3H3. The Labute approximate surface area is 111 Å². The highest BCUT2D eigenvalue weighted by atomic mass is 15.1. The third-order valence-electron chi connectivity index (χ3n) is 3.80. The molecule has 0 bridgehead atoms. The molecule has 0 fully saturated rings. The number of hydrogen-bond acceptors (Lipinski definition) is 2. The molecule has 0 saturated heterocycles. The second-order valence-electron chi connectivity index (χ2n) is 5.90. The molecule has 0 spiro atoms. The van der Waals surface area contributed by atoms with Gasteiger partial charge in [0.15, 0.2) is 0 Å². The van der Waals surface area contributed by atoms with Crippen molar-refractivity contribution >= 4 is 0 Å². The van der Waals surface area contributed by atoms with E-state index >= 15 is 0 Å². The zero-order valence-electron chi connectivity index (χ0n) is 11.9. The number of nitrogens with one attached hydrogen (secondary N) is 1. The minimum Gasteiger partial charge on any atom is -0.309 e. The molecule has 1 aromatic rings. The molecule has 2 nitrogen and oxygen atoms in total. The van der Waals surface area contributed by atoms with Crippen molar-refractivity contribution in [1.29, 1.82) is 0 Å². The van der Waals surface area contributed by atoms with Gasteiger partial charge in [-0.05, 0) is 50.0 Å². The highest BCUT2D eigenvalue weighted by molar-refractivity contribution is 5.32. The van der Waals surface area contributed by atoms with E-state index < -0.39 is 0 Å². The summed E-state index contributed by atoms with van der Waals surface area (Å²) in [5.74, 6) is 0.791. The minimum absolute atomic E-state index is 0.507. The molecule has 1 unspecified atom stereocenters. The Morgan fingerprint density at radius 2 is 2.11 bits per heavy atom. The second-order valence-corrected chi connectivity index (χ2v) is 5.90. The number of nitrogens with zero attached hydrogens (tertiary/aromatic N) is 1. The van der Waals surface area contributed by atoms with E-state index in [1.54, 1.807) is 0 Å². The van der Waals surface area contributed by atoms with E-state index in [1.807, 2.05) is 0 Å². The summed E-state index contributed by atoms with van der Waals surface area (Å²) in [7, 11) is 2.24. The number of benzene rings is 1. The zero-order valence-corrected chi connectivity index (χ0v) is 11.9. The summed E-state index contributed by atoms with van der Waals surface area (Å²) in [5, 5.41) is 3.65. The fourth-order valence-electron chi connectivity index (χ4n) is 2.64. The van der Waals surface area contributed by atoms with E-state index in [0.717, 1.165) is 19.0 Å². The van der Waals surface area contributed by atoms with Crippen molar-refractivity contribution in [3.8, 4) is 0 Å². The quantitative estimate of drug-likeness (QED) is 0.859. The molecule has 2 heteroatoms. The summed E-state index contributed by atoms with van der Waals surface area (Å²) in [6.45, 7) is 8.01. The Morgan fingerprint density at radius 1 is 1.33 bits per heavy atom. The SMILES string of the molecule is CC(C)CCN(C)CC1NCCc2ccccc21. The van der Waals surface area contributed by atoms with Gasteiger partial charge in [0.2, 0.25) is 0 Å². The van der Waals surface area contributed by atoms with Gasteiger partial charge in [-0.25, -0.2) is 0 Å². The maximum absolute atomic E-state index is 3.65. The van der Waals surface area contributed by atoms with Crippen molar-refractivity contribution in [1.82, 2.24) is 10.2 Å². The van der Waals surface area contributed by atoms with Crippen LogP contribution in [0.1, 0.15) is 37.4 Å². The van der Waals surface area contributed by atoms with Crippen LogP contribution >= 0.6 is 0 Å². The van der Waals surface area contributed by atoms with E-state index in [0.29, 0.717) is 6.04 Å². The molecule has 1 N–H and O–H groups in total. The summed E-state index contributed by atoms with van der Waals surface area (Å²) in [6, 6.07) is 9.38. The number of hydrogen-bond donors (Lipinski definition) is 1. The van der Waals surface area contributed by atoms with Crippen molar-refractivity contribution < 1.29 is 0 Å². The van der Waals surface area contributed by atoms with Gasteiger partial charge < -0.3 is 10.2 Å². The van der Waals surface area contributed by atoms with Gasteiger partial charge in [-0.2, -0.15) is 0 Å². The van der Waals surface area contributed by atoms with E-state index in [9.17, 15) is 0 Å². The first kappa shape index (κ1) is 13.6. The molecule has 0 saturated carbocycles. The lowest BCUT2D eigenvalue weighted by molar-refractivity contribution is 0.270. The van der Waals surface area contributed by atoms with Gasteiger partial charge in [0, 0.05) is 12.6 Å². The Hall–Kier alpha value is -0.860. The first-order chi connectivity index (χ1) is 8.66. The first-order valence-corrected chi connectivity index (χ1v) is 7.16. The lowest BCUT2D eigenvalue weighted by atomic mass is 9.94. The van der Waals surface area contributed by atoms with Crippen LogP contribution in [0.2, 0.25) is 0 Å². The molecule has 1 aliphatic heterocycles. The van der Waals surface area contributed by atoms with Crippen molar-refractivity contribution in [2.45, 2.75) is 32.7 Å². The fourth-order valence-corrected chi connectivity index (χ4v) is 2.64. The predicted molar refractivity (Wildman–Crippen MR) is 77.8 cm³/mol. The lowest BCUT2D eigenvalue weighted by Crippen LogP contribution is -2.38. The molecule has 1 atom stereocenters. The maximum Gasteiger partial charge on any atom is 0.0452 e. The topological polar surface area (TPSA) is 15.3 Å². The average Bonchev–Trinajstić information content (AvgIpc) is 2.37. The van der Waals surface area contributed by atoms with Gasteiger partial charge in [0.1, 0.15) is 0 Å². The van der Waals surface area contributed by atoms with Gasteiger partial charge in [-0.3, -0.25) is 0 Å². The molecule has 0 amide bonds. The highest BCUT2D eigenvalue weighted by Gasteiger charge is 2.20. The van der Waals surface area contributed by atoms with Crippen LogP contribution in [0.3, 0.4) is 0 Å². The fraction of sp³-hybridized carbons (Fsp3) is 0.625. The van der Waals surface area contributed by atoms with Gasteiger partial charge in [0.25, 0.3) is 0 Å². The van der Waals surface area contributed by atoms with E-state index in [1.165, 1.54) is 30.5 Å². The molecule has 2 rings (SSSR count). The van der Waals surface area contributed by atoms with Crippen molar-refractivity contribution in [3.63, 3.8) is 0 Å². The summed E-state index contributed by atoms with van der Waals surface area (Å²) < 4.78 is 0. The van der Waals surface area contributed by atoms with Crippen molar-refractivity contribution in [2.24, 2.45) is 5.92 Å². The van der Waals surface area contributed by atoms with E-state index in [-0.39, 0.29) is 0 Å². The smallest absolute Gasteiger partial charge is 0.0452 e. The normalized spacial score (nSPS) is 19.3. The van der Waals surface area contributed by atoms with Crippen LogP contribution in [-0.4, -0.2) is 31.6 Å². The molecule has 1 aromatic carbocycles. The van der Waals surface area contributed by atoms with Gasteiger partial charge in [0.05, 0.1) is 0 Å². The largest absolute Gasteiger partial charge is 0.309 e. The van der Waals surface area contributed by atoms with Gasteiger partial charge in [-0.1, -0.05) is 38.1 Å². The minimum atomic E-state index is 0.507. The molecule has 0 aliphatic carbocycles. The summed E-state index contributed by atoms with van der Waals surface area (Å²) in [4.78, 5) is 2.46. The molecular formula is C16H26N2. The summed E-state index contributed by atoms with van der Waals surface area (Å²) in [5.41, 5.74) is 3.03. The molecule has 1 heterocycles. The Morgan fingerprint density at radius 3 is 2.89 bits per heavy atom. The Bertz CT molecular complexity index is 373. The van der Waals surface area contributed by atoms with E-state index in [2.05, 4.69) is 55.4 Å². The third kappa shape index (κ3) is 3.56. The van der Waals surface area contributed by atoms with Crippen LogP contribution in [0.5, 0.6) is 0 Å². The molecular weight excluding hydrogens is 220 g/mol. The maximum atomic E-state index is 3.65. The van der Waals surface area contributed by atoms with Crippen molar-refractivity contribution in [3.05, 3.63) is 35.4 Å². The van der Waals surface area contributed by atoms with Crippen LogP contribution in [0.25, 0.3) is 0 Å². The average molecular weight is 246 g/mol. The lowest BCUT2D eigenvalue weighted by Gasteiger charge is -2.30. The number of fused-ring (bicyclic) bond motifs is 1. The molecule has 100 valence electrons. The van der Waals surface area contributed by atoms with Gasteiger partial charge in [-0.15, -0.1) is 0 Å². The summed E-state index contributed by atoms with van der Waals surface area (Å²) in [6.07, 6.45) is 2.45. The number of likely N-dealkylation sites (N-methyl/N-ethyl adjacent to an activating group) is 1. The van der Waals surface area contributed by atoms with Crippen LogP contribution < -0.4 is 5.32 Å². The zero-order chi connectivity index (χ0) is 13.0. The van der Waals surface area contributed by atoms with Crippen LogP contribution in [0.15, 0.2) is 24.3 Å². The van der Waals surface area contributed by atoms with Gasteiger partial charge >= 0.3 is 0 Å². The molecule has 0 aromatic heterocycles. The highest BCUT2D eigenvalue weighted by Crippen LogP contribution is 2.23. The third-order valence-corrected chi connectivity index (χ3v) is 3.80.